The van der Waals surface area contributed by atoms with Crippen LogP contribution in [0, 0.1) is 18.3 Å². The number of nitrogens with one attached hydrogen (secondary N) is 3. The molecule has 0 unspecified atom stereocenters. The van der Waals surface area contributed by atoms with Crippen molar-refractivity contribution < 1.29 is 28.8 Å². The Hall–Kier alpha value is -5.50. The van der Waals surface area contributed by atoms with Crippen molar-refractivity contribution in [3.05, 3.63) is 70.9 Å². The molecule has 0 fully saturated rings. The predicted molar refractivity (Wildman–Crippen MR) is 139 cm³/mol. The number of hydrogen-bond donors (Lipinski definition) is 4. The summed E-state index contributed by atoms with van der Waals surface area (Å²) >= 11 is 0. The second kappa shape index (κ2) is 10.2. The van der Waals surface area contributed by atoms with E-state index in [0.717, 1.165) is 17.2 Å². The smallest absolute Gasteiger partial charge is 0.337 e. The van der Waals surface area contributed by atoms with Crippen LogP contribution in [0.15, 0.2) is 53.1 Å². The molecule has 11 nitrogen and oxygen atoms in total. The van der Waals surface area contributed by atoms with Crippen molar-refractivity contribution in [3.8, 4) is 17.2 Å². The molecule has 0 spiro atoms. The van der Waals surface area contributed by atoms with Crippen LogP contribution in [0.2, 0.25) is 0 Å². The molecule has 3 aromatic carbocycles. The van der Waals surface area contributed by atoms with E-state index in [4.69, 9.17) is 9.78 Å². The molecule has 0 aliphatic heterocycles. The van der Waals surface area contributed by atoms with Gasteiger partial charge in [-0.2, -0.15) is 5.26 Å². The number of carbonyl (C=O) groups is 4. The molecular formula is C27H21N5O6. The van der Waals surface area contributed by atoms with E-state index >= 15 is 0 Å². The van der Waals surface area contributed by atoms with Crippen LogP contribution in [-0.4, -0.2) is 34.0 Å². The van der Waals surface area contributed by atoms with Crippen LogP contribution in [0.4, 0.5) is 17.1 Å². The Morgan fingerprint density at radius 3 is 2.26 bits per heavy atom. The first kappa shape index (κ1) is 25.6. The summed E-state index contributed by atoms with van der Waals surface area (Å²) in [5.41, 5.74) is 3.13. The van der Waals surface area contributed by atoms with Crippen molar-refractivity contribution in [1.82, 2.24) is 5.16 Å². The van der Waals surface area contributed by atoms with Crippen molar-refractivity contribution >= 4 is 51.7 Å². The fourth-order valence-corrected chi connectivity index (χ4v) is 3.99. The van der Waals surface area contributed by atoms with Crippen LogP contribution in [0.3, 0.4) is 0 Å². The third-order valence-corrected chi connectivity index (χ3v) is 5.60. The topological polar surface area (TPSA) is 174 Å². The number of rotatable bonds is 6. The van der Waals surface area contributed by atoms with E-state index in [-0.39, 0.29) is 45.3 Å². The van der Waals surface area contributed by atoms with Crippen LogP contribution in [0.25, 0.3) is 22.1 Å². The first-order valence-electron chi connectivity index (χ1n) is 11.3. The van der Waals surface area contributed by atoms with Gasteiger partial charge < -0.3 is 25.6 Å². The van der Waals surface area contributed by atoms with E-state index in [2.05, 4.69) is 21.1 Å². The van der Waals surface area contributed by atoms with E-state index in [1.165, 1.54) is 26.0 Å². The number of benzene rings is 3. The van der Waals surface area contributed by atoms with Crippen LogP contribution in [-0.2, 0) is 9.59 Å². The quantitative estimate of drug-likeness (QED) is 0.292. The van der Waals surface area contributed by atoms with E-state index in [0.29, 0.717) is 16.9 Å². The van der Waals surface area contributed by atoms with Gasteiger partial charge in [-0.25, -0.2) is 4.79 Å². The van der Waals surface area contributed by atoms with Gasteiger partial charge in [0.2, 0.25) is 11.8 Å². The molecule has 0 radical (unpaired) electrons. The van der Waals surface area contributed by atoms with Crippen LogP contribution in [0.5, 0.6) is 0 Å². The van der Waals surface area contributed by atoms with Gasteiger partial charge in [0, 0.05) is 30.8 Å². The molecule has 1 heterocycles. The molecule has 4 aromatic rings. The summed E-state index contributed by atoms with van der Waals surface area (Å²) in [6, 6.07) is 14.2. The van der Waals surface area contributed by atoms with Gasteiger partial charge in [0.1, 0.15) is 0 Å². The first-order valence-corrected chi connectivity index (χ1v) is 11.3. The van der Waals surface area contributed by atoms with Crippen molar-refractivity contribution in [2.45, 2.75) is 20.8 Å². The number of fused-ring (bicyclic) bond motifs is 1. The van der Waals surface area contributed by atoms with E-state index in [1.807, 2.05) is 13.0 Å². The van der Waals surface area contributed by atoms with Gasteiger partial charge in [0.25, 0.3) is 5.91 Å². The molecule has 3 amide bonds. The fourth-order valence-electron chi connectivity index (χ4n) is 3.99. The molecular weight excluding hydrogens is 490 g/mol. The molecule has 4 rings (SSSR count). The minimum atomic E-state index is -1.32. The predicted octanol–water partition coefficient (Wildman–Crippen LogP) is 4.54. The summed E-state index contributed by atoms with van der Waals surface area (Å²) < 4.78 is 5.42. The normalized spacial score (nSPS) is 10.5. The number of anilines is 3. The summed E-state index contributed by atoms with van der Waals surface area (Å²) in [5.74, 6) is -2.61. The number of carboxylic acids is 1. The SMILES string of the molecule is CC(=O)Nc1ccc(-c2cc3onc(C(=O)Nc4ccc(C#N)cc4C(=O)O)c3cc2NC(C)=O)c(C)c1. The second-order valence-electron chi connectivity index (χ2n) is 8.45. The zero-order chi connectivity index (χ0) is 27.6. The third kappa shape index (κ3) is 5.19. The number of amides is 3. The Balaban J connectivity index is 1.77. The first-order chi connectivity index (χ1) is 18.1. The molecule has 1 aromatic heterocycles. The molecule has 0 aliphatic carbocycles. The molecule has 0 saturated carbocycles. The lowest BCUT2D eigenvalue weighted by Crippen LogP contribution is -2.15. The summed E-state index contributed by atoms with van der Waals surface area (Å²) in [5, 5.41) is 30.7. The highest BCUT2D eigenvalue weighted by Gasteiger charge is 2.22. The molecule has 11 heteroatoms. The minimum Gasteiger partial charge on any atom is -0.478 e. The van der Waals surface area contributed by atoms with Crippen molar-refractivity contribution in [2.24, 2.45) is 0 Å². The van der Waals surface area contributed by atoms with E-state index < -0.39 is 11.9 Å². The number of aryl methyl sites for hydroxylation is 1. The Kier molecular flexibility index (Phi) is 6.89. The average Bonchev–Trinajstić information content (AvgIpc) is 3.26. The molecule has 190 valence electrons. The lowest BCUT2D eigenvalue weighted by Gasteiger charge is -2.14. The van der Waals surface area contributed by atoms with Gasteiger partial charge in [-0.3, -0.25) is 14.4 Å². The molecule has 0 bridgehead atoms. The molecule has 38 heavy (non-hydrogen) atoms. The van der Waals surface area contributed by atoms with Crippen LogP contribution < -0.4 is 16.0 Å². The van der Waals surface area contributed by atoms with Gasteiger partial charge in [-0.1, -0.05) is 11.2 Å². The Bertz CT molecular complexity index is 1680. The summed E-state index contributed by atoms with van der Waals surface area (Å²) in [4.78, 5) is 48.1. The molecule has 0 atom stereocenters. The molecule has 0 aliphatic rings. The summed E-state index contributed by atoms with van der Waals surface area (Å²) in [7, 11) is 0. The second-order valence-corrected chi connectivity index (χ2v) is 8.45. The Morgan fingerprint density at radius 1 is 0.895 bits per heavy atom. The van der Waals surface area contributed by atoms with Gasteiger partial charge in [0.05, 0.1) is 28.3 Å². The zero-order valence-corrected chi connectivity index (χ0v) is 20.5. The maximum absolute atomic E-state index is 13.1. The standard InChI is InChI=1S/C27H21N5O6/c1-13-8-17(29-14(2)33)5-6-18(13)19-11-24-21(10-23(19)30-15(3)34)25(32-38-24)26(35)31-22-7-4-16(12-28)9-20(22)27(36)37/h4-11H,1-3H3,(H,29,33)(H,30,34)(H,31,35)(H,36,37). The van der Waals surface area contributed by atoms with Crippen LogP contribution in [0.1, 0.15) is 45.8 Å². The highest BCUT2D eigenvalue weighted by atomic mass is 16.5. The van der Waals surface area contributed by atoms with Gasteiger partial charge >= 0.3 is 5.97 Å². The number of carboxylic acid groups (broad SMARTS) is 1. The van der Waals surface area contributed by atoms with E-state index in [9.17, 15) is 24.3 Å². The van der Waals surface area contributed by atoms with E-state index in [1.54, 1.807) is 30.3 Å². The summed E-state index contributed by atoms with van der Waals surface area (Å²) in [6.45, 7) is 4.60. The monoisotopic (exact) mass is 511 g/mol. The molecule has 0 saturated heterocycles. The highest BCUT2D eigenvalue weighted by molar-refractivity contribution is 6.14. The number of nitrogens with zero attached hydrogens (tertiary/aromatic N) is 2. The largest absolute Gasteiger partial charge is 0.478 e. The summed E-state index contributed by atoms with van der Waals surface area (Å²) in [6.07, 6.45) is 0. The lowest BCUT2D eigenvalue weighted by molar-refractivity contribution is -0.115. The Labute approximate surface area is 216 Å². The van der Waals surface area contributed by atoms with Gasteiger partial charge in [-0.05, 0) is 60.5 Å². The number of aromatic nitrogens is 1. The van der Waals surface area contributed by atoms with Gasteiger partial charge in [0.15, 0.2) is 11.3 Å². The van der Waals surface area contributed by atoms with Crippen molar-refractivity contribution in [1.29, 1.82) is 5.26 Å². The number of aromatic carboxylic acids is 1. The fraction of sp³-hybridized carbons (Fsp3) is 0.111. The highest BCUT2D eigenvalue weighted by Crippen LogP contribution is 2.36. The van der Waals surface area contributed by atoms with Crippen LogP contribution >= 0.6 is 0 Å². The maximum atomic E-state index is 13.1. The zero-order valence-electron chi connectivity index (χ0n) is 20.5. The minimum absolute atomic E-state index is 0.0220. The van der Waals surface area contributed by atoms with Gasteiger partial charge in [-0.15, -0.1) is 0 Å². The Morgan fingerprint density at radius 2 is 1.63 bits per heavy atom. The lowest BCUT2D eigenvalue weighted by atomic mass is 9.96. The number of nitriles is 1. The third-order valence-electron chi connectivity index (χ3n) is 5.60. The average molecular weight is 511 g/mol. The van der Waals surface area contributed by atoms with Crippen molar-refractivity contribution in [2.75, 3.05) is 16.0 Å². The number of hydrogen-bond acceptors (Lipinski definition) is 7. The molecule has 4 N–H and O–H groups in total. The van der Waals surface area contributed by atoms with Crippen molar-refractivity contribution in [3.63, 3.8) is 0 Å². The maximum Gasteiger partial charge on any atom is 0.337 e. The number of carbonyl (C=O) groups excluding carboxylic acids is 3.